The molecule has 0 atom stereocenters. The van der Waals surface area contributed by atoms with Crippen molar-refractivity contribution in [2.24, 2.45) is 0 Å². The summed E-state index contributed by atoms with van der Waals surface area (Å²) in [5, 5.41) is 14.4. The van der Waals surface area contributed by atoms with Gasteiger partial charge in [0.2, 0.25) is 0 Å². The fraction of sp³-hybridized carbons (Fsp3) is 0.348. The number of aromatic amines is 1. The van der Waals surface area contributed by atoms with E-state index in [1.165, 1.54) is 15.6 Å². The zero-order valence-corrected chi connectivity index (χ0v) is 21.3. The Labute approximate surface area is 212 Å². The van der Waals surface area contributed by atoms with Crippen molar-refractivity contribution < 1.29 is 13.2 Å². The third kappa shape index (κ3) is 4.22. The van der Waals surface area contributed by atoms with Crippen molar-refractivity contribution in [1.82, 2.24) is 34.2 Å². The lowest BCUT2D eigenvalue weighted by Crippen LogP contribution is -2.40. The zero-order valence-electron chi connectivity index (χ0n) is 19.7. The molecule has 0 spiro atoms. The first kappa shape index (κ1) is 23.3. The average molecular weight is 527 g/mol. The van der Waals surface area contributed by atoms with Crippen molar-refractivity contribution in [3.8, 4) is 11.3 Å². The number of nitrogens with one attached hydrogen (secondary N) is 3. The Hall–Kier alpha value is -3.10. The summed E-state index contributed by atoms with van der Waals surface area (Å²) in [5.74, 6) is 0.560. The van der Waals surface area contributed by atoms with Crippen LogP contribution in [0.25, 0.3) is 22.5 Å². The van der Waals surface area contributed by atoms with Crippen LogP contribution < -0.4 is 10.6 Å². The number of nitrogens with zero attached hydrogens (tertiary/aromatic N) is 5. The van der Waals surface area contributed by atoms with Crippen LogP contribution in [-0.4, -0.2) is 76.7 Å². The van der Waals surface area contributed by atoms with Crippen molar-refractivity contribution >= 4 is 43.4 Å². The van der Waals surface area contributed by atoms with Crippen LogP contribution >= 0.6 is 11.3 Å². The molecule has 13 heteroatoms. The molecule has 0 saturated carbocycles. The van der Waals surface area contributed by atoms with Crippen LogP contribution in [0.5, 0.6) is 0 Å². The van der Waals surface area contributed by atoms with Gasteiger partial charge in [0.25, 0.3) is 10.0 Å². The number of hydrogen-bond donors (Lipinski definition) is 3. The lowest BCUT2D eigenvalue weighted by Gasteiger charge is -2.25. The van der Waals surface area contributed by atoms with E-state index in [1.807, 2.05) is 29.8 Å². The molecule has 0 aliphatic carbocycles. The van der Waals surface area contributed by atoms with Crippen molar-refractivity contribution in [3.63, 3.8) is 0 Å². The number of anilines is 2. The average Bonchev–Trinajstić information content (AvgIpc) is 3.65. The molecule has 1 saturated heterocycles. The predicted molar refractivity (Wildman–Crippen MR) is 138 cm³/mol. The van der Waals surface area contributed by atoms with Gasteiger partial charge in [0.15, 0.2) is 11.5 Å². The third-order valence-electron chi connectivity index (χ3n) is 6.30. The fourth-order valence-electron chi connectivity index (χ4n) is 4.47. The molecule has 1 fully saturated rings. The minimum Gasteiger partial charge on any atom is -0.379 e. The van der Waals surface area contributed by atoms with E-state index in [0.717, 1.165) is 42.0 Å². The van der Waals surface area contributed by atoms with E-state index in [4.69, 9.17) is 9.72 Å². The molecule has 2 aliphatic rings. The van der Waals surface area contributed by atoms with Gasteiger partial charge in [-0.2, -0.15) is 9.40 Å². The lowest BCUT2D eigenvalue weighted by molar-refractivity contribution is 0.0731. The monoisotopic (exact) mass is 526 g/mol. The highest BCUT2D eigenvalue weighted by molar-refractivity contribution is 7.91. The molecule has 0 bridgehead atoms. The predicted octanol–water partition coefficient (Wildman–Crippen LogP) is 2.63. The number of hydrogen-bond acceptors (Lipinski definition) is 9. The van der Waals surface area contributed by atoms with Crippen LogP contribution in [-0.2, 0) is 14.8 Å². The molecule has 188 valence electrons. The summed E-state index contributed by atoms with van der Waals surface area (Å²) in [6, 6.07) is 1.85. The standard InChI is InChI=1S/C23H26N8O3S2/c1-15-9-20(35-23(15)36(32,33)30-5-7-34-8-6-30)29-21-22-25-13-19(17-11-26-27-12-17)31(22)14-18(28-21)16-3-2-4-24-10-16/h3,9,11-14,24H,2,4-8,10H2,1H3,(H,26,27)(H,28,29). The van der Waals surface area contributed by atoms with E-state index >= 15 is 0 Å². The Morgan fingerprint density at radius 2 is 2.08 bits per heavy atom. The molecular weight excluding hydrogens is 500 g/mol. The van der Waals surface area contributed by atoms with Gasteiger partial charge in [-0.25, -0.2) is 18.4 Å². The summed E-state index contributed by atoms with van der Waals surface area (Å²) in [6.07, 6.45) is 10.5. The number of morpholine rings is 1. The molecule has 0 unspecified atom stereocenters. The van der Waals surface area contributed by atoms with E-state index in [9.17, 15) is 8.42 Å². The fourth-order valence-corrected chi connectivity index (χ4v) is 7.61. The molecule has 6 heterocycles. The lowest BCUT2D eigenvalue weighted by atomic mass is 10.1. The molecule has 3 N–H and O–H groups in total. The summed E-state index contributed by atoms with van der Waals surface area (Å²) in [7, 11) is -3.59. The number of H-pyrrole nitrogens is 1. The number of rotatable bonds is 6. The normalized spacial score (nSPS) is 17.4. The van der Waals surface area contributed by atoms with Crippen molar-refractivity contribution in [1.29, 1.82) is 0 Å². The van der Waals surface area contributed by atoms with Gasteiger partial charge in [0, 0.05) is 37.6 Å². The van der Waals surface area contributed by atoms with Crippen LogP contribution in [0.1, 0.15) is 17.7 Å². The number of ether oxygens (including phenoxy) is 1. The summed E-state index contributed by atoms with van der Waals surface area (Å²) in [4.78, 5) is 9.54. The maximum Gasteiger partial charge on any atom is 0.253 e. The Kier molecular flexibility index (Phi) is 6.09. The third-order valence-corrected chi connectivity index (χ3v) is 9.97. The minimum absolute atomic E-state index is 0.334. The Bertz CT molecular complexity index is 1530. The van der Waals surface area contributed by atoms with Gasteiger partial charge >= 0.3 is 0 Å². The smallest absolute Gasteiger partial charge is 0.253 e. The SMILES string of the molecule is Cc1cc(Nc2nc(C3=CCCNC3)cn3c(-c4cn[nH]c4)cnc23)sc1S(=O)(=O)N1CCOCC1. The van der Waals surface area contributed by atoms with Crippen LogP contribution in [0.3, 0.4) is 0 Å². The van der Waals surface area contributed by atoms with Gasteiger partial charge in [-0.3, -0.25) is 9.50 Å². The highest BCUT2D eigenvalue weighted by Crippen LogP contribution is 2.36. The number of fused-ring (bicyclic) bond motifs is 1. The number of thiophene rings is 1. The second-order valence-electron chi connectivity index (χ2n) is 8.72. The first-order valence-electron chi connectivity index (χ1n) is 11.7. The summed E-state index contributed by atoms with van der Waals surface area (Å²) in [5.41, 5.74) is 5.07. The van der Waals surface area contributed by atoms with Crippen LogP contribution in [0.2, 0.25) is 0 Å². The van der Waals surface area contributed by atoms with Gasteiger partial charge in [-0.1, -0.05) is 6.08 Å². The summed E-state index contributed by atoms with van der Waals surface area (Å²) in [6.45, 7) is 5.03. The van der Waals surface area contributed by atoms with E-state index in [1.54, 1.807) is 12.4 Å². The highest BCUT2D eigenvalue weighted by atomic mass is 32.2. The molecule has 4 aromatic rings. The van der Waals surface area contributed by atoms with E-state index in [0.29, 0.717) is 52.5 Å². The molecule has 11 nitrogen and oxygen atoms in total. The Balaban J connectivity index is 1.41. The van der Waals surface area contributed by atoms with Crippen LogP contribution in [0.4, 0.5) is 10.8 Å². The van der Waals surface area contributed by atoms with Gasteiger partial charge in [-0.15, -0.1) is 11.3 Å². The van der Waals surface area contributed by atoms with Gasteiger partial charge in [0.1, 0.15) is 4.21 Å². The second kappa shape index (κ2) is 9.41. The van der Waals surface area contributed by atoms with Crippen molar-refractivity contribution in [2.75, 3.05) is 44.7 Å². The molecule has 2 aliphatic heterocycles. The number of aromatic nitrogens is 5. The van der Waals surface area contributed by atoms with Gasteiger partial charge in [-0.05, 0) is 37.1 Å². The van der Waals surface area contributed by atoms with E-state index in [2.05, 4.69) is 31.9 Å². The second-order valence-corrected chi connectivity index (χ2v) is 11.9. The number of imidazole rings is 1. The van der Waals surface area contributed by atoms with Gasteiger partial charge in [0.05, 0.1) is 42.0 Å². The quantitative estimate of drug-likeness (QED) is 0.350. The number of sulfonamides is 1. The van der Waals surface area contributed by atoms with Crippen molar-refractivity contribution in [2.45, 2.75) is 17.6 Å². The van der Waals surface area contributed by atoms with Crippen LogP contribution in [0.15, 0.2) is 41.1 Å². The minimum atomic E-state index is -3.59. The van der Waals surface area contributed by atoms with Crippen LogP contribution in [0, 0.1) is 6.92 Å². The first-order chi connectivity index (χ1) is 17.5. The molecule has 36 heavy (non-hydrogen) atoms. The topological polar surface area (TPSA) is 130 Å². The maximum absolute atomic E-state index is 13.3. The zero-order chi connectivity index (χ0) is 24.7. The molecule has 0 amide bonds. The Morgan fingerprint density at radius 3 is 2.83 bits per heavy atom. The molecular formula is C23H26N8O3S2. The summed E-state index contributed by atoms with van der Waals surface area (Å²) >= 11 is 1.21. The largest absolute Gasteiger partial charge is 0.379 e. The van der Waals surface area contributed by atoms with E-state index < -0.39 is 10.0 Å². The molecule has 4 aromatic heterocycles. The molecule has 0 aromatic carbocycles. The first-order valence-corrected chi connectivity index (χ1v) is 14.0. The maximum atomic E-state index is 13.3. The molecule has 6 rings (SSSR count). The Morgan fingerprint density at radius 1 is 1.22 bits per heavy atom. The summed E-state index contributed by atoms with van der Waals surface area (Å²) < 4.78 is 35.7. The highest BCUT2D eigenvalue weighted by Gasteiger charge is 2.30. The molecule has 0 radical (unpaired) electrons. The number of aryl methyl sites for hydroxylation is 1. The van der Waals surface area contributed by atoms with E-state index in [-0.39, 0.29) is 0 Å². The van der Waals surface area contributed by atoms with Gasteiger partial charge < -0.3 is 15.4 Å². The van der Waals surface area contributed by atoms with Crippen molar-refractivity contribution in [3.05, 3.63) is 48.2 Å².